The zero-order valence-electron chi connectivity index (χ0n) is 30.5. The molecule has 11 aromatic rings. The third-order valence-electron chi connectivity index (χ3n) is 10.7. The van der Waals surface area contributed by atoms with Gasteiger partial charge in [0.1, 0.15) is 0 Å². The van der Waals surface area contributed by atoms with Crippen LogP contribution in [0.15, 0.2) is 189 Å². The molecule has 0 saturated carbocycles. The van der Waals surface area contributed by atoms with Crippen LogP contribution in [-0.2, 0) is 0 Å². The van der Waals surface area contributed by atoms with Crippen LogP contribution in [0.4, 0.5) is 0 Å². The molecule has 0 unspecified atom stereocenters. The minimum Gasteiger partial charge on any atom is -0.309 e. The van der Waals surface area contributed by atoms with Gasteiger partial charge in [-0.2, -0.15) is 0 Å². The lowest BCUT2D eigenvalue weighted by Crippen LogP contribution is -2.00. The molecule has 266 valence electrons. The van der Waals surface area contributed by atoms with Gasteiger partial charge in [-0.25, -0.2) is 19.9 Å². The molecule has 7 nitrogen and oxygen atoms in total. The molecular formula is C50H31N7. The minimum absolute atomic E-state index is 0.589. The maximum absolute atomic E-state index is 5.30. The fourth-order valence-corrected chi connectivity index (χ4v) is 7.97. The molecule has 57 heavy (non-hydrogen) atoms. The van der Waals surface area contributed by atoms with Crippen LogP contribution in [0.3, 0.4) is 0 Å². The molecule has 0 fully saturated rings. The predicted octanol–water partition coefficient (Wildman–Crippen LogP) is 11.8. The number of hydrogen-bond donors (Lipinski definition) is 0. The summed E-state index contributed by atoms with van der Waals surface area (Å²) in [6, 6.07) is 57.1. The standard InChI is InChI=1S/C50H31N7/c1-2-8-38(9-3-1)57-43-13-7-5-11-40(43)46-44(57)23-22-41-45(46)39-10-4-6-12-42(39)53-47(41)34-18-14-32(15-19-34)33-16-20-35(21-17-33)48-54-49(36-24-28-51-29-25-36)56-50(55-48)37-26-30-52-31-27-37/h1-31H. The fraction of sp³-hybridized carbons (Fsp3) is 0. The van der Waals surface area contributed by atoms with Gasteiger partial charge in [0.25, 0.3) is 0 Å². The van der Waals surface area contributed by atoms with E-state index in [-0.39, 0.29) is 0 Å². The van der Waals surface area contributed by atoms with Crippen LogP contribution in [0, 0.1) is 0 Å². The molecule has 0 amide bonds. The van der Waals surface area contributed by atoms with Crippen LogP contribution in [0.25, 0.3) is 106 Å². The Kier molecular flexibility index (Phi) is 7.67. The number of benzene rings is 6. The first-order valence-corrected chi connectivity index (χ1v) is 18.8. The van der Waals surface area contributed by atoms with Crippen LogP contribution in [0.1, 0.15) is 0 Å². The molecule has 11 rings (SSSR count). The van der Waals surface area contributed by atoms with E-state index in [0.717, 1.165) is 61.1 Å². The average Bonchev–Trinajstić information content (AvgIpc) is 3.64. The van der Waals surface area contributed by atoms with Crippen molar-refractivity contribution in [2.24, 2.45) is 0 Å². The van der Waals surface area contributed by atoms with Crippen molar-refractivity contribution in [3.8, 4) is 62.2 Å². The number of hydrogen-bond acceptors (Lipinski definition) is 6. The Morgan fingerprint density at radius 3 is 1.46 bits per heavy atom. The highest BCUT2D eigenvalue weighted by molar-refractivity contribution is 6.29. The second-order valence-corrected chi connectivity index (χ2v) is 14.0. The Morgan fingerprint density at radius 2 is 0.825 bits per heavy atom. The molecule has 7 heteroatoms. The molecule has 0 aliphatic carbocycles. The van der Waals surface area contributed by atoms with Crippen molar-refractivity contribution < 1.29 is 0 Å². The van der Waals surface area contributed by atoms with Crippen molar-refractivity contribution in [3.05, 3.63) is 189 Å². The lowest BCUT2D eigenvalue weighted by atomic mass is 9.95. The second-order valence-electron chi connectivity index (χ2n) is 14.0. The van der Waals surface area contributed by atoms with E-state index in [1.165, 1.54) is 27.2 Å². The first-order chi connectivity index (χ1) is 28.3. The van der Waals surface area contributed by atoms with Gasteiger partial charge in [0.05, 0.1) is 22.2 Å². The molecule has 0 spiro atoms. The SMILES string of the molecule is c1ccc(-n2c3ccccc3c3c4c(ccc32)c(-c2ccc(-c3ccc(-c5nc(-c6ccncc6)nc(-c6ccncc6)n5)cc3)cc2)nc2ccccc24)cc1. The quantitative estimate of drug-likeness (QED) is 0.158. The normalized spacial score (nSPS) is 11.5. The average molecular weight is 730 g/mol. The minimum atomic E-state index is 0.589. The highest BCUT2D eigenvalue weighted by Gasteiger charge is 2.19. The second kappa shape index (κ2) is 13.4. The van der Waals surface area contributed by atoms with E-state index < -0.39 is 0 Å². The van der Waals surface area contributed by atoms with Crippen molar-refractivity contribution in [2.75, 3.05) is 0 Å². The van der Waals surface area contributed by atoms with Crippen molar-refractivity contribution >= 4 is 43.5 Å². The largest absolute Gasteiger partial charge is 0.309 e. The lowest BCUT2D eigenvalue weighted by molar-refractivity contribution is 1.07. The number of fused-ring (bicyclic) bond motifs is 7. The van der Waals surface area contributed by atoms with Gasteiger partial charge in [0.2, 0.25) is 0 Å². The monoisotopic (exact) mass is 729 g/mol. The Morgan fingerprint density at radius 1 is 0.316 bits per heavy atom. The molecule has 0 saturated heterocycles. The summed E-state index contributed by atoms with van der Waals surface area (Å²) in [5.74, 6) is 1.78. The van der Waals surface area contributed by atoms with Crippen molar-refractivity contribution in [3.63, 3.8) is 0 Å². The van der Waals surface area contributed by atoms with Crippen LogP contribution in [0.5, 0.6) is 0 Å². The maximum Gasteiger partial charge on any atom is 0.164 e. The van der Waals surface area contributed by atoms with Crippen molar-refractivity contribution in [1.82, 2.24) is 34.5 Å². The van der Waals surface area contributed by atoms with E-state index in [4.69, 9.17) is 19.9 Å². The van der Waals surface area contributed by atoms with Gasteiger partial charge in [-0.1, -0.05) is 109 Å². The topological polar surface area (TPSA) is 82.3 Å². The smallest absolute Gasteiger partial charge is 0.164 e. The van der Waals surface area contributed by atoms with Crippen molar-refractivity contribution in [2.45, 2.75) is 0 Å². The van der Waals surface area contributed by atoms with Crippen LogP contribution in [0.2, 0.25) is 0 Å². The van der Waals surface area contributed by atoms with E-state index in [0.29, 0.717) is 17.5 Å². The van der Waals surface area contributed by atoms with E-state index in [1.807, 2.05) is 24.3 Å². The number of nitrogens with zero attached hydrogens (tertiary/aromatic N) is 7. The Labute approximate surface area is 327 Å². The summed E-state index contributed by atoms with van der Waals surface area (Å²) in [5, 5.41) is 5.96. The van der Waals surface area contributed by atoms with Crippen LogP contribution < -0.4 is 0 Å². The predicted molar refractivity (Wildman–Crippen MR) is 230 cm³/mol. The molecule has 0 radical (unpaired) electrons. The highest BCUT2D eigenvalue weighted by atomic mass is 15.0. The molecule has 0 atom stereocenters. The first kappa shape index (κ1) is 32.5. The third kappa shape index (κ3) is 5.60. The van der Waals surface area contributed by atoms with E-state index >= 15 is 0 Å². The molecule has 5 aromatic heterocycles. The summed E-state index contributed by atoms with van der Waals surface area (Å²) >= 11 is 0. The summed E-state index contributed by atoms with van der Waals surface area (Å²) in [6.07, 6.45) is 6.98. The molecule has 0 N–H and O–H groups in total. The zero-order valence-corrected chi connectivity index (χ0v) is 30.5. The van der Waals surface area contributed by atoms with E-state index in [9.17, 15) is 0 Å². The number of pyridine rings is 3. The van der Waals surface area contributed by atoms with Gasteiger partial charge in [-0.05, 0) is 65.7 Å². The molecule has 0 aliphatic heterocycles. The summed E-state index contributed by atoms with van der Waals surface area (Å²) < 4.78 is 2.37. The van der Waals surface area contributed by atoms with Gasteiger partial charge in [-0.15, -0.1) is 0 Å². The Balaban J connectivity index is 0.996. The van der Waals surface area contributed by atoms with Gasteiger partial charge >= 0.3 is 0 Å². The van der Waals surface area contributed by atoms with Gasteiger partial charge < -0.3 is 4.57 Å². The molecule has 6 aromatic carbocycles. The van der Waals surface area contributed by atoms with E-state index in [2.05, 4.69) is 154 Å². The van der Waals surface area contributed by atoms with E-state index in [1.54, 1.807) is 24.8 Å². The number of rotatable bonds is 6. The summed E-state index contributed by atoms with van der Waals surface area (Å²) in [6.45, 7) is 0. The Bertz CT molecular complexity index is 3200. The van der Waals surface area contributed by atoms with Crippen molar-refractivity contribution in [1.29, 1.82) is 0 Å². The first-order valence-electron chi connectivity index (χ1n) is 18.8. The summed E-state index contributed by atoms with van der Waals surface area (Å²) in [4.78, 5) is 28.2. The van der Waals surface area contributed by atoms with Crippen LogP contribution >= 0.6 is 0 Å². The molecule has 5 heterocycles. The number of para-hydroxylation sites is 3. The summed E-state index contributed by atoms with van der Waals surface area (Å²) in [7, 11) is 0. The third-order valence-corrected chi connectivity index (χ3v) is 10.7. The molecular weight excluding hydrogens is 699 g/mol. The molecule has 0 aliphatic rings. The van der Waals surface area contributed by atoms with Gasteiger partial charge in [0, 0.05) is 79.7 Å². The fourth-order valence-electron chi connectivity index (χ4n) is 7.97. The summed E-state index contributed by atoms with van der Waals surface area (Å²) in [5.41, 5.74) is 11.3. The van der Waals surface area contributed by atoms with Crippen LogP contribution in [-0.4, -0.2) is 34.5 Å². The Hall–Kier alpha value is -7.90. The zero-order chi connectivity index (χ0) is 37.7. The van der Waals surface area contributed by atoms with Gasteiger partial charge in [0.15, 0.2) is 17.5 Å². The highest BCUT2D eigenvalue weighted by Crippen LogP contribution is 2.42. The van der Waals surface area contributed by atoms with Gasteiger partial charge in [-0.3, -0.25) is 9.97 Å². The maximum atomic E-state index is 5.30. The number of aromatic nitrogens is 7. The lowest BCUT2D eigenvalue weighted by Gasteiger charge is -2.13. The molecule has 0 bridgehead atoms.